The average Bonchev–Trinajstić information content (AvgIpc) is 3.82. The molecule has 15 nitrogen and oxygen atoms in total. The number of nitrogens with two attached hydrogens (primary N) is 1. The first-order valence-electron chi connectivity index (χ1n) is 18.3. The van der Waals surface area contributed by atoms with Crippen LogP contribution >= 0.6 is 0 Å². The zero-order chi connectivity index (χ0) is 39.8. The second-order valence-corrected chi connectivity index (χ2v) is 13.6. The zero-order valence-corrected chi connectivity index (χ0v) is 30.5. The van der Waals surface area contributed by atoms with Gasteiger partial charge in [0.25, 0.3) is 11.5 Å². The van der Waals surface area contributed by atoms with Gasteiger partial charge in [-0.1, -0.05) is 60.7 Å². The Kier molecular flexibility index (Phi) is 9.14. The van der Waals surface area contributed by atoms with Crippen LogP contribution in [0.5, 0.6) is 11.5 Å². The normalized spacial score (nSPS) is 11.9. The lowest BCUT2D eigenvalue weighted by molar-refractivity contribution is -0.137. The number of H-pyrrole nitrogens is 3. The standard InChI is InChI=1S/C43H33N9O6/c44-43-51-39-38(41(55)52-43)47-25(22-46-39)21-45-24-17-15-23(16-18-24)40(54)50-32(42(56)58-34-14-6-10-29-27-8-2-4-12-31(27)49-37(29)34)19-20-35(53)57-33-13-5-9-28-26-7-1-3-11-30(26)48-36(28)33/h1-18,22,32,45,48-49H,19-21H2,(H,50,54)(H3,44,46,51,52,55)/t32-/m0/s1. The van der Waals surface area contributed by atoms with Gasteiger partial charge in [0.2, 0.25) is 5.95 Å². The number of para-hydroxylation sites is 4. The summed E-state index contributed by atoms with van der Waals surface area (Å²) in [5.74, 6) is -1.32. The van der Waals surface area contributed by atoms with Gasteiger partial charge in [-0.25, -0.2) is 14.8 Å². The highest BCUT2D eigenvalue weighted by atomic mass is 16.5. The molecule has 0 aliphatic heterocycles. The Morgan fingerprint density at radius 3 is 2.00 bits per heavy atom. The summed E-state index contributed by atoms with van der Waals surface area (Å²) >= 11 is 0. The number of nitrogens with zero attached hydrogens (tertiary/aromatic N) is 3. The first-order valence-corrected chi connectivity index (χ1v) is 18.3. The number of hydrogen-bond donors (Lipinski definition) is 6. The van der Waals surface area contributed by atoms with E-state index in [1.165, 1.54) is 6.20 Å². The van der Waals surface area contributed by atoms with Crippen molar-refractivity contribution in [3.63, 3.8) is 0 Å². The van der Waals surface area contributed by atoms with Gasteiger partial charge in [0.15, 0.2) is 22.7 Å². The van der Waals surface area contributed by atoms with Crippen molar-refractivity contribution >= 4 is 84.3 Å². The van der Waals surface area contributed by atoms with Gasteiger partial charge in [-0.3, -0.25) is 19.4 Å². The predicted octanol–water partition coefficient (Wildman–Crippen LogP) is 6.27. The minimum absolute atomic E-state index is 0.0501. The number of aromatic amines is 3. The van der Waals surface area contributed by atoms with Gasteiger partial charge in [0.1, 0.15) is 6.04 Å². The Morgan fingerprint density at radius 1 is 0.707 bits per heavy atom. The van der Waals surface area contributed by atoms with Gasteiger partial charge in [-0.05, 0) is 55.0 Å². The first-order chi connectivity index (χ1) is 28.3. The van der Waals surface area contributed by atoms with E-state index in [0.717, 1.165) is 32.6 Å². The van der Waals surface area contributed by atoms with Crippen LogP contribution < -0.4 is 31.4 Å². The summed E-state index contributed by atoms with van der Waals surface area (Å²) in [6.07, 6.45) is 1.17. The van der Waals surface area contributed by atoms with Crippen LogP contribution in [0.15, 0.2) is 120 Å². The van der Waals surface area contributed by atoms with E-state index in [-0.39, 0.29) is 47.8 Å². The highest BCUT2D eigenvalue weighted by Crippen LogP contribution is 2.33. The number of ether oxygens (including phenoxy) is 2. The van der Waals surface area contributed by atoms with E-state index in [0.29, 0.717) is 28.2 Å². The fourth-order valence-electron chi connectivity index (χ4n) is 6.96. The topological polar surface area (TPSA) is 223 Å². The lowest BCUT2D eigenvalue weighted by Gasteiger charge is -2.18. The molecule has 286 valence electrons. The van der Waals surface area contributed by atoms with Crippen molar-refractivity contribution in [2.24, 2.45) is 0 Å². The third-order valence-electron chi connectivity index (χ3n) is 9.77. The number of hydrogen-bond acceptors (Lipinski definition) is 11. The summed E-state index contributed by atoms with van der Waals surface area (Å²) in [4.78, 5) is 74.7. The minimum atomic E-state index is -1.22. The van der Waals surface area contributed by atoms with Crippen molar-refractivity contribution in [2.75, 3.05) is 11.1 Å². The van der Waals surface area contributed by atoms with Crippen molar-refractivity contribution in [3.8, 4) is 11.5 Å². The molecule has 0 saturated carbocycles. The van der Waals surface area contributed by atoms with Crippen molar-refractivity contribution in [3.05, 3.63) is 137 Å². The Labute approximate surface area is 327 Å². The van der Waals surface area contributed by atoms with Gasteiger partial charge < -0.3 is 35.8 Å². The second-order valence-electron chi connectivity index (χ2n) is 13.6. The number of aromatic nitrogens is 6. The van der Waals surface area contributed by atoms with Crippen molar-refractivity contribution in [1.82, 2.24) is 35.2 Å². The molecule has 0 aliphatic rings. The Balaban J connectivity index is 0.917. The molecule has 0 unspecified atom stereocenters. The van der Waals surface area contributed by atoms with E-state index in [1.807, 2.05) is 66.7 Å². The summed E-state index contributed by atoms with van der Waals surface area (Å²) in [6.45, 7) is 0.222. The molecule has 9 rings (SSSR count). The van der Waals surface area contributed by atoms with Crippen LogP contribution in [0.3, 0.4) is 0 Å². The minimum Gasteiger partial charge on any atom is -0.424 e. The third-order valence-corrected chi connectivity index (χ3v) is 9.77. The quantitative estimate of drug-likeness (QED) is 0.0635. The number of fused-ring (bicyclic) bond motifs is 7. The molecule has 9 aromatic rings. The molecule has 0 fully saturated rings. The molecule has 5 aromatic carbocycles. The maximum Gasteiger partial charge on any atom is 0.334 e. The van der Waals surface area contributed by atoms with Gasteiger partial charge in [0, 0.05) is 50.2 Å². The smallest absolute Gasteiger partial charge is 0.334 e. The maximum atomic E-state index is 13.9. The molecule has 0 saturated heterocycles. The highest BCUT2D eigenvalue weighted by Gasteiger charge is 2.26. The molecule has 7 N–H and O–H groups in total. The van der Waals surface area contributed by atoms with E-state index < -0.39 is 29.4 Å². The molecule has 0 radical (unpaired) electrons. The molecule has 15 heteroatoms. The summed E-state index contributed by atoms with van der Waals surface area (Å²) < 4.78 is 11.7. The molecule has 4 heterocycles. The fraction of sp³-hybridized carbons (Fsp3) is 0.0930. The van der Waals surface area contributed by atoms with E-state index in [4.69, 9.17) is 15.2 Å². The molecular formula is C43H33N9O6. The number of nitrogen functional groups attached to an aromatic ring is 1. The molecule has 58 heavy (non-hydrogen) atoms. The van der Waals surface area contributed by atoms with Crippen LogP contribution in [0.4, 0.5) is 11.6 Å². The Hall–Kier alpha value is -8.07. The SMILES string of the molecule is Nc1nc2ncc(CNc3ccc(C(=O)N[C@@H](CCC(=O)Oc4cccc5c4[nH]c4ccccc45)C(=O)Oc4cccc5c4[nH]c4ccccc45)cc3)nc2c(=O)[nH]1. The average molecular weight is 772 g/mol. The number of carbonyl (C=O) groups excluding carboxylic acids is 3. The van der Waals surface area contributed by atoms with E-state index in [2.05, 4.69) is 40.5 Å². The van der Waals surface area contributed by atoms with Crippen LogP contribution in [0.2, 0.25) is 0 Å². The van der Waals surface area contributed by atoms with Crippen LogP contribution in [0.25, 0.3) is 54.8 Å². The van der Waals surface area contributed by atoms with E-state index >= 15 is 0 Å². The Morgan fingerprint density at radius 2 is 1.33 bits per heavy atom. The second kappa shape index (κ2) is 14.9. The molecule has 0 bridgehead atoms. The molecule has 0 spiro atoms. The predicted molar refractivity (Wildman–Crippen MR) is 220 cm³/mol. The third kappa shape index (κ3) is 6.99. The largest absolute Gasteiger partial charge is 0.424 e. The fourth-order valence-corrected chi connectivity index (χ4v) is 6.96. The molecule has 1 atom stereocenters. The van der Waals surface area contributed by atoms with Gasteiger partial charge >= 0.3 is 11.9 Å². The van der Waals surface area contributed by atoms with E-state index in [1.54, 1.807) is 42.5 Å². The number of esters is 2. The number of benzene rings is 5. The van der Waals surface area contributed by atoms with Crippen LogP contribution in [0, 0.1) is 0 Å². The number of anilines is 2. The molecular weight excluding hydrogens is 739 g/mol. The van der Waals surface area contributed by atoms with Crippen molar-refractivity contribution < 1.29 is 23.9 Å². The monoisotopic (exact) mass is 771 g/mol. The van der Waals surface area contributed by atoms with Crippen molar-refractivity contribution in [2.45, 2.75) is 25.4 Å². The van der Waals surface area contributed by atoms with Crippen LogP contribution in [-0.4, -0.2) is 53.8 Å². The number of carbonyl (C=O) groups is 3. The molecule has 0 aliphatic carbocycles. The van der Waals surface area contributed by atoms with Crippen LogP contribution in [-0.2, 0) is 16.1 Å². The summed E-state index contributed by atoms with van der Waals surface area (Å²) in [7, 11) is 0. The number of amides is 1. The van der Waals surface area contributed by atoms with Gasteiger partial charge in [-0.15, -0.1) is 0 Å². The Bertz CT molecular complexity index is 3120. The summed E-state index contributed by atoms with van der Waals surface area (Å²) in [6, 6.07) is 31.7. The first kappa shape index (κ1) is 35.6. The van der Waals surface area contributed by atoms with Gasteiger partial charge in [-0.2, -0.15) is 4.98 Å². The zero-order valence-electron chi connectivity index (χ0n) is 30.5. The van der Waals surface area contributed by atoms with Crippen molar-refractivity contribution in [1.29, 1.82) is 0 Å². The number of rotatable bonds is 11. The lowest BCUT2D eigenvalue weighted by Crippen LogP contribution is -2.43. The van der Waals surface area contributed by atoms with E-state index in [9.17, 15) is 19.2 Å². The summed E-state index contributed by atoms with van der Waals surface area (Å²) in [5, 5.41) is 9.70. The molecule has 4 aromatic heterocycles. The highest BCUT2D eigenvalue weighted by molar-refractivity contribution is 6.10. The van der Waals surface area contributed by atoms with Crippen LogP contribution in [0.1, 0.15) is 28.9 Å². The summed E-state index contributed by atoms with van der Waals surface area (Å²) in [5.41, 5.74) is 9.76. The number of nitrogens with one attached hydrogen (secondary N) is 5. The van der Waals surface area contributed by atoms with Gasteiger partial charge in [0.05, 0.1) is 29.5 Å². The maximum absolute atomic E-state index is 13.9. The molecule has 1 amide bonds. The lowest BCUT2D eigenvalue weighted by atomic mass is 10.1.